The summed E-state index contributed by atoms with van der Waals surface area (Å²) in [6.07, 6.45) is 1.63. The number of anilines is 1. The van der Waals surface area contributed by atoms with Gasteiger partial charge in [0.15, 0.2) is 0 Å². The third-order valence-electron chi connectivity index (χ3n) is 3.10. The Kier molecular flexibility index (Phi) is 3.35. The quantitative estimate of drug-likeness (QED) is 0.777. The van der Waals surface area contributed by atoms with Gasteiger partial charge >= 0.3 is 0 Å². The van der Waals surface area contributed by atoms with Gasteiger partial charge in [0.05, 0.1) is 22.4 Å². The molecule has 1 heterocycles. The first-order chi connectivity index (χ1) is 9.97. The molecule has 0 saturated carbocycles. The molecule has 0 radical (unpaired) electrons. The zero-order valence-electron chi connectivity index (χ0n) is 11.1. The van der Waals surface area contributed by atoms with Crippen LogP contribution < -0.4 is 4.72 Å². The number of aryl methyl sites for hydroxylation is 1. The molecule has 3 aromatic rings. The monoisotopic (exact) mass is 321 g/mol. The van der Waals surface area contributed by atoms with Crippen LogP contribution in [0.5, 0.6) is 0 Å². The molecule has 3 rings (SSSR count). The van der Waals surface area contributed by atoms with Gasteiger partial charge in [0, 0.05) is 5.39 Å². The fourth-order valence-corrected chi connectivity index (χ4v) is 3.75. The molecule has 7 heteroatoms. The van der Waals surface area contributed by atoms with Gasteiger partial charge in [-0.25, -0.2) is 8.42 Å². The molecule has 5 nitrogen and oxygen atoms in total. The van der Waals surface area contributed by atoms with E-state index in [1.807, 2.05) is 13.0 Å². The van der Waals surface area contributed by atoms with E-state index in [-0.39, 0.29) is 9.92 Å². The molecule has 0 aliphatic rings. The first-order valence-corrected chi connectivity index (χ1v) is 8.04. The Morgan fingerprint density at radius 1 is 1.24 bits per heavy atom. The fraction of sp³-hybridized carbons (Fsp3) is 0.0714. The van der Waals surface area contributed by atoms with Gasteiger partial charge in [-0.2, -0.15) is 5.10 Å². The van der Waals surface area contributed by atoms with Gasteiger partial charge in [0.2, 0.25) is 0 Å². The second-order valence-electron chi connectivity index (χ2n) is 4.68. The lowest BCUT2D eigenvalue weighted by molar-refractivity contribution is 0.601. The Morgan fingerprint density at radius 2 is 2.05 bits per heavy atom. The number of sulfonamides is 1. The topological polar surface area (TPSA) is 74.8 Å². The molecule has 0 atom stereocenters. The Labute approximate surface area is 127 Å². The average Bonchev–Trinajstić information content (AvgIpc) is 2.87. The van der Waals surface area contributed by atoms with Crippen molar-refractivity contribution in [2.45, 2.75) is 11.8 Å². The maximum atomic E-state index is 12.5. The molecular formula is C14H12ClN3O2S. The average molecular weight is 322 g/mol. The molecular weight excluding hydrogens is 310 g/mol. The van der Waals surface area contributed by atoms with Gasteiger partial charge < -0.3 is 0 Å². The van der Waals surface area contributed by atoms with Crippen molar-refractivity contribution in [1.29, 1.82) is 0 Å². The van der Waals surface area contributed by atoms with Crippen LogP contribution in [0.25, 0.3) is 10.9 Å². The van der Waals surface area contributed by atoms with Crippen LogP contribution in [0.4, 0.5) is 5.69 Å². The van der Waals surface area contributed by atoms with Crippen LogP contribution in [-0.2, 0) is 10.0 Å². The number of rotatable bonds is 3. The van der Waals surface area contributed by atoms with E-state index in [1.165, 1.54) is 6.07 Å². The van der Waals surface area contributed by atoms with Crippen LogP contribution in [0.2, 0.25) is 5.02 Å². The Hall–Kier alpha value is -2.05. The second kappa shape index (κ2) is 5.05. The first-order valence-electron chi connectivity index (χ1n) is 6.18. The van der Waals surface area contributed by atoms with Crippen molar-refractivity contribution >= 4 is 38.2 Å². The van der Waals surface area contributed by atoms with E-state index >= 15 is 0 Å². The molecule has 0 aliphatic heterocycles. The first kappa shape index (κ1) is 13.9. The van der Waals surface area contributed by atoms with Crippen LogP contribution in [0.3, 0.4) is 0 Å². The lowest BCUT2D eigenvalue weighted by Crippen LogP contribution is -2.13. The van der Waals surface area contributed by atoms with E-state index in [0.29, 0.717) is 11.2 Å². The van der Waals surface area contributed by atoms with Gasteiger partial charge in [-0.15, -0.1) is 0 Å². The molecule has 108 valence electrons. The molecule has 2 aromatic carbocycles. The molecule has 0 unspecified atom stereocenters. The van der Waals surface area contributed by atoms with Gasteiger partial charge in [0.25, 0.3) is 10.0 Å². The highest BCUT2D eigenvalue weighted by Gasteiger charge is 2.19. The Balaban J connectivity index is 2.05. The van der Waals surface area contributed by atoms with E-state index in [2.05, 4.69) is 14.9 Å². The summed E-state index contributed by atoms with van der Waals surface area (Å²) in [5.74, 6) is 0. The summed E-state index contributed by atoms with van der Waals surface area (Å²) in [6.45, 7) is 1.85. The van der Waals surface area contributed by atoms with E-state index in [0.717, 1.165) is 10.9 Å². The van der Waals surface area contributed by atoms with Gasteiger partial charge in [-0.1, -0.05) is 29.8 Å². The number of nitrogens with zero attached hydrogens (tertiary/aromatic N) is 1. The Morgan fingerprint density at radius 3 is 2.81 bits per heavy atom. The fourth-order valence-electron chi connectivity index (χ4n) is 2.08. The van der Waals surface area contributed by atoms with Crippen LogP contribution in [0.15, 0.2) is 47.5 Å². The van der Waals surface area contributed by atoms with Crippen molar-refractivity contribution in [1.82, 2.24) is 10.2 Å². The number of para-hydroxylation sites is 1. The minimum absolute atomic E-state index is 0.0475. The number of hydrogen-bond donors (Lipinski definition) is 2. The number of H-pyrrole nitrogens is 1. The summed E-state index contributed by atoms with van der Waals surface area (Å²) in [6, 6.07) is 10.1. The van der Waals surface area contributed by atoms with Crippen molar-refractivity contribution in [3.8, 4) is 0 Å². The Bertz CT molecular complexity index is 919. The molecule has 0 amide bonds. The molecule has 0 bridgehead atoms. The molecule has 0 saturated heterocycles. The van der Waals surface area contributed by atoms with E-state index in [9.17, 15) is 8.42 Å². The number of halogens is 1. The third kappa shape index (κ3) is 2.59. The van der Waals surface area contributed by atoms with Crippen LogP contribution in [0, 0.1) is 6.92 Å². The summed E-state index contributed by atoms with van der Waals surface area (Å²) in [4.78, 5) is 0.0475. The number of hydrogen-bond acceptors (Lipinski definition) is 3. The van der Waals surface area contributed by atoms with Crippen molar-refractivity contribution < 1.29 is 8.42 Å². The highest BCUT2D eigenvalue weighted by molar-refractivity contribution is 7.92. The highest BCUT2D eigenvalue weighted by atomic mass is 35.5. The lowest BCUT2D eigenvalue weighted by Gasteiger charge is -2.10. The number of benzene rings is 2. The minimum atomic E-state index is -3.76. The highest BCUT2D eigenvalue weighted by Crippen LogP contribution is 2.27. The molecule has 1 aromatic heterocycles. The summed E-state index contributed by atoms with van der Waals surface area (Å²) in [5, 5.41) is 7.70. The maximum absolute atomic E-state index is 12.5. The van der Waals surface area contributed by atoms with Crippen LogP contribution in [-0.4, -0.2) is 18.6 Å². The third-order valence-corrected chi connectivity index (χ3v) is 4.95. The zero-order valence-corrected chi connectivity index (χ0v) is 12.7. The van der Waals surface area contributed by atoms with Gasteiger partial charge in [-0.3, -0.25) is 9.82 Å². The van der Waals surface area contributed by atoms with Crippen molar-refractivity contribution in [2.75, 3.05) is 4.72 Å². The number of fused-ring (bicyclic) bond motifs is 1. The van der Waals surface area contributed by atoms with E-state index < -0.39 is 10.0 Å². The van der Waals surface area contributed by atoms with Crippen molar-refractivity contribution in [3.63, 3.8) is 0 Å². The summed E-state index contributed by atoms with van der Waals surface area (Å²) in [5.41, 5.74) is 1.96. The van der Waals surface area contributed by atoms with Crippen LogP contribution in [0.1, 0.15) is 5.56 Å². The van der Waals surface area contributed by atoms with E-state index in [4.69, 9.17) is 11.6 Å². The summed E-state index contributed by atoms with van der Waals surface area (Å²) >= 11 is 6.04. The standard InChI is InChI=1S/C14H12ClN3O2S/c1-9-5-6-13(11(15)7-9)21(19,20)18-12-4-2-3-10-8-16-17-14(10)12/h2-8,18H,1H3,(H,16,17). The molecule has 2 N–H and O–H groups in total. The SMILES string of the molecule is Cc1ccc(S(=O)(=O)Nc2cccc3cn[nH]c23)c(Cl)c1. The van der Waals surface area contributed by atoms with E-state index in [1.54, 1.807) is 30.5 Å². The van der Waals surface area contributed by atoms with Crippen molar-refractivity contribution in [2.24, 2.45) is 0 Å². The maximum Gasteiger partial charge on any atom is 0.263 e. The normalized spacial score (nSPS) is 11.7. The molecule has 0 fully saturated rings. The number of aromatic amines is 1. The predicted molar refractivity (Wildman–Crippen MR) is 83.1 cm³/mol. The van der Waals surface area contributed by atoms with Gasteiger partial charge in [0.1, 0.15) is 4.90 Å². The number of nitrogens with one attached hydrogen (secondary N) is 2. The molecule has 21 heavy (non-hydrogen) atoms. The zero-order chi connectivity index (χ0) is 15.0. The predicted octanol–water partition coefficient (Wildman–Crippen LogP) is 3.33. The number of aromatic nitrogens is 2. The van der Waals surface area contributed by atoms with Crippen LogP contribution >= 0.6 is 11.6 Å². The largest absolute Gasteiger partial charge is 0.277 e. The smallest absolute Gasteiger partial charge is 0.263 e. The molecule has 0 spiro atoms. The van der Waals surface area contributed by atoms with Gasteiger partial charge in [-0.05, 0) is 30.7 Å². The van der Waals surface area contributed by atoms with Crippen molar-refractivity contribution in [3.05, 3.63) is 53.2 Å². The second-order valence-corrected chi connectivity index (χ2v) is 6.74. The summed E-state index contributed by atoms with van der Waals surface area (Å²) in [7, 11) is -3.76. The summed E-state index contributed by atoms with van der Waals surface area (Å²) < 4.78 is 27.5. The minimum Gasteiger partial charge on any atom is -0.277 e. The lowest BCUT2D eigenvalue weighted by atomic mass is 10.2. The molecule has 0 aliphatic carbocycles.